The number of thiol groups is 2. The van der Waals surface area contributed by atoms with E-state index in [0.29, 0.717) is 17.6 Å². The van der Waals surface area contributed by atoms with Crippen molar-refractivity contribution in [3.63, 3.8) is 0 Å². The molecule has 0 saturated heterocycles. The van der Waals surface area contributed by atoms with E-state index in [1.807, 2.05) is 0 Å². The van der Waals surface area contributed by atoms with Gasteiger partial charge in [-0.05, 0) is 13.3 Å². The molecule has 0 unspecified atom stereocenters. The number of rotatable bonds is 3. The Morgan fingerprint density at radius 3 is 1.73 bits per heavy atom. The quantitative estimate of drug-likeness (QED) is 0.524. The van der Waals surface area contributed by atoms with Crippen LogP contribution in [0.5, 0.6) is 0 Å². The summed E-state index contributed by atoms with van der Waals surface area (Å²) in [5.74, 6) is 0. The highest BCUT2D eigenvalue weighted by Crippen LogP contribution is 2.13. The van der Waals surface area contributed by atoms with E-state index in [2.05, 4.69) is 25.3 Å². The SMILES string of the molecule is CC/C(C(=O)S)=C(\C)C(=O)S. The predicted octanol–water partition coefficient (Wildman–Crippen LogP) is 1.63. The van der Waals surface area contributed by atoms with Gasteiger partial charge in [-0.2, -0.15) is 0 Å². The Hall–Kier alpha value is -0.220. The summed E-state index contributed by atoms with van der Waals surface area (Å²) in [6, 6.07) is 0. The first-order valence-corrected chi connectivity index (χ1v) is 4.06. The number of hydrogen-bond donors (Lipinski definition) is 2. The molecule has 4 heteroatoms. The molecule has 0 radical (unpaired) electrons. The molecule has 0 aromatic carbocycles. The maximum atomic E-state index is 10.7. The zero-order valence-corrected chi connectivity index (χ0v) is 8.21. The summed E-state index contributed by atoms with van der Waals surface area (Å²) >= 11 is 7.22. The monoisotopic (exact) mass is 190 g/mol. The second kappa shape index (κ2) is 4.62. The molecule has 0 rings (SSSR count). The van der Waals surface area contributed by atoms with Crippen molar-refractivity contribution in [2.24, 2.45) is 0 Å². The molecule has 0 N–H and O–H groups in total. The molecule has 0 aromatic rings. The van der Waals surface area contributed by atoms with Gasteiger partial charge in [0.05, 0.1) is 0 Å². The first-order valence-electron chi connectivity index (χ1n) is 3.17. The molecule has 2 nitrogen and oxygen atoms in total. The number of hydrogen-bond acceptors (Lipinski definition) is 2. The minimum Gasteiger partial charge on any atom is -0.282 e. The van der Waals surface area contributed by atoms with E-state index < -0.39 is 0 Å². The van der Waals surface area contributed by atoms with Crippen LogP contribution >= 0.6 is 25.3 Å². The maximum absolute atomic E-state index is 10.7. The Morgan fingerprint density at radius 1 is 1.18 bits per heavy atom. The Kier molecular flexibility index (Phi) is 4.52. The van der Waals surface area contributed by atoms with E-state index in [4.69, 9.17) is 0 Å². The average Bonchev–Trinajstić information content (AvgIpc) is 1.88. The van der Waals surface area contributed by atoms with Gasteiger partial charge in [0.15, 0.2) is 0 Å². The van der Waals surface area contributed by atoms with Crippen molar-refractivity contribution in [2.75, 3.05) is 0 Å². The van der Waals surface area contributed by atoms with Gasteiger partial charge in [-0.15, -0.1) is 25.3 Å². The van der Waals surface area contributed by atoms with Crippen LogP contribution in [-0.4, -0.2) is 10.2 Å². The third-order valence-corrected chi connectivity index (χ3v) is 1.99. The smallest absolute Gasteiger partial charge is 0.212 e. The zero-order chi connectivity index (χ0) is 9.02. The Balaban J connectivity index is 4.83. The van der Waals surface area contributed by atoms with Gasteiger partial charge in [-0.1, -0.05) is 6.92 Å². The van der Waals surface area contributed by atoms with Gasteiger partial charge in [0.25, 0.3) is 0 Å². The minimum atomic E-state index is -0.371. The summed E-state index contributed by atoms with van der Waals surface area (Å²) in [6.07, 6.45) is 0.514. The van der Waals surface area contributed by atoms with Crippen molar-refractivity contribution in [3.05, 3.63) is 11.1 Å². The van der Waals surface area contributed by atoms with Gasteiger partial charge in [0.2, 0.25) is 10.2 Å². The molecule has 62 valence electrons. The third-order valence-electron chi connectivity index (χ3n) is 1.39. The van der Waals surface area contributed by atoms with E-state index in [1.54, 1.807) is 13.8 Å². The molecule has 0 heterocycles. The summed E-state index contributed by atoms with van der Waals surface area (Å²) < 4.78 is 0. The van der Waals surface area contributed by atoms with E-state index in [0.717, 1.165) is 0 Å². The second-order valence-electron chi connectivity index (χ2n) is 2.07. The highest BCUT2D eigenvalue weighted by Gasteiger charge is 2.09. The Bertz CT molecular complexity index is 218. The van der Waals surface area contributed by atoms with Crippen LogP contribution in [0, 0.1) is 0 Å². The molecule has 0 aliphatic heterocycles. The Labute approximate surface area is 76.9 Å². The lowest BCUT2D eigenvalue weighted by Crippen LogP contribution is -2.01. The first kappa shape index (κ1) is 10.8. The fourth-order valence-corrected chi connectivity index (χ4v) is 1.17. The van der Waals surface area contributed by atoms with Crippen molar-refractivity contribution in [3.8, 4) is 0 Å². The highest BCUT2D eigenvalue weighted by molar-refractivity contribution is 7.97. The van der Waals surface area contributed by atoms with Gasteiger partial charge < -0.3 is 0 Å². The van der Waals surface area contributed by atoms with Crippen LogP contribution in [-0.2, 0) is 9.59 Å². The van der Waals surface area contributed by atoms with Gasteiger partial charge in [-0.25, -0.2) is 0 Å². The van der Waals surface area contributed by atoms with Crippen LogP contribution in [0.2, 0.25) is 0 Å². The van der Waals surface area contributed by atoms with Crippen molar-refractivity contribution >= 4 is 35.5 Å². The summed E-state index contributed by atoms with van der Waals surface area (Å²) in [5.41, 5.74) is 0.823. The molecule has 0 amide bonds. The second-order valence-corrected chi connectivity index (χ2v) is 2.88. The molecule has 0 aliphatic rings. The minimum absolute atomic E-state index is 0.354. The van der Waals surface area contributed by atoms with Crippen LogP contribution in [0.25, 0.3) is 0 Å². The van der Waals surface area contributed by atoms with Gasteiger partial charge in [0.1, 0.15) is 0 Å². The first-order chi connectivity index (χ1) is 5.00. The van der Waals surface area contributed by atoms with Crippen LogP contribution in [0.4, 0.5) is 0 Å². The third kappa shape index (κ3) is 3.12. The highest BCUT2D eigenvalue weighted by atomic mass is 32.1. The molecule has 11 heavy (non-hydrogen) atoms. The molecule has 0 aromatic heterocycles. The lowest BCUT2D eigenvalue weighted by molar-refractivity contribution is -0.110. The number of carbonyl (C=O) groups is 2. The molecule has 0 spiro atoms. The van der Waals surface area contributed by atoms with Crippen LogP contribution in [0.1, 0.15) is 20.3 Å². The van der Waals surface area contributed by atoms with Crippen molar-refractivity contribution in [1.29, 1.82) is 0 Å². The number of carbonyl (C=O) groups excluding carboxylic acids is 2. The fourth-order valence-electron chi connectivity index (χ4n) is 0.706. The molecule has 0 saturated carbocycles. The van der Waals surface area contributed by atoms with Crippen LogP contribution in [0.15, 0.2) is 11.1 Å². The fraction of sp³-hybridized carbons (Fsp3) is 0.429. The molecule has 0 bridgehead atoms. The van der Waals surface area contributed by atoms with E-state index in [-0.39, 0.29) is 10.2 Å². The Morgan fingerprint density at radius 2 is 1.64 bits per heavy atom. The lowest BCUT2D eigenvalue weighted by atomic mass is 10.1. The van der Waals surface area contributed by atoms with Crippen molar-refractivity contribution < 1.29 is 9.59 Å². The van der Waals surface area contributed by atoms with E-state index in [9.17, 15) is 9.59 Å². The molecule has 0 aliphatic carbocycles. The van der Waals surface area contributed by atoms with Gasteiger partial charge in [0, 0.05) is 11.1 Å². The van der Waals surface area contributed by atoms with Crippen LogP contribution < -0.4 is 0 Å². The summed E-state index contributed by atoms with van der Waals surface area (Å²) in [5, 5.41) is -0.725. The van der Waals surface area contributed by atoms with Crippen LogP contribution in [0.3, 0.4) is 0 Å². The molecule has 0 atom stereocenters. The average molecular weight is 190 g/mol. The topological polar surface area (TPSA) is 34.1 Å². The van der Waals surface area contributed by atoms with Gasteiger partial charge >= 0.3 is 0 Å². The van der Waals surface area contributed by atoms with Crippen molar-refractivity contribution in [2.45, 2.75) is 20.3 Å². The lowest BCUT2D eigenvalue weighted by Gasteiger charge is -2.01. The summed E-state index contributed by atoms with van der Waals surface area (Å²) in [4.78, 5) is 21.4. The maximum Gasteiger partial charge on any atom is 0.212 e. The molecule has 0 fully saturated rings. The summed E-state index contributed by atoms with van der Waals surface area (Å²) in [6.45, 7) is 3.37. The largest absolute Gasteiger partial charge is 0.282 e. The normalized spacial score (nSPS) is 12.4. The van der Waals surface area contributed by atoms with E-state index >= 15 is 0 Å². The summed E-state index contributed by atoms with van der Waals surface area (Å²) in [7, 11) is 0. The van der Waals surface area contributed by atoms with E-state index in [1.165, 1.54) is 0 Å². The predicted molar refractivity (Wildman–Crippen MR) is 51.0 cm³/mol. The molecular weight excluding hydrogens is 180 g/mol. The van der Waals surface area contributed by atoms with Gasteiger partial charge in [-0.3, -0.25) is 9.59 Å². The standard InChI is InChI=1S/C7H10O2S2/c1-3-5(7(9)11)4(2)6(8)10/h3H2,1-2H3,(H,8,10)(H,9,11)/b5-4-. The zero-order valence-electron chi connectivity index (χ0n) is 6.42. The van der Waals surface area contributed by atoms with Crippen molar-refractivity contribution in [1.82, 2.24) is 0 Å². The molecular formula is C7H10O2S2.